The first-order valence-electron chi connectivity index (χ1n) is 10.9. The quantitative estimate of drug-likeness (QED) is 0.653. The largest absolute Gasteiger partial charge is 0.493 e. The molecule has 1 heterocycles. The van der Waals surface area contributed by atoms with E-state index in [0.29, 0.717) is 40.8 Å². The maximum atomic E-state index is 12.9. The summed E-state index contributed by atoms with van der Waals surface area (Å²) < 4.78 is 11.2. The Balaban J connectivity index is 1.74. The Morgan fingerprint density at radius 3 is 2.52 bits per heavy atom. The van der Waals surface area contributed by atoms with Crippen LogP contribution in [0.4, 0.5) is 5.69 Å². The number of hydrogen-bond donors (Lipinski definition) is 1. The van der Waals surface area contributed by atoms with Crippen LogP contribution < -0.4 is 14.8 Å². The van der Waals surface area contributed by atoms with Gasteiger partial charge in [0, 0.05) is 29.9 Å². The molecule has 3 rings (SSSR count). The van der Waals surface area contributed by atoms with Crippen molar-refractivity contribution in [2.24, 2.45) is 5.92 Å². The zero-order chi connectivity index (χ0) is 22.4. The molecule has 1 N–H and O–H groups in total. The van der Waals surface area contributed by atoms with Crippen LogP contribution in [0, 0.1) is 12.8 Å². The molecule has 6 heteroatoms. The number of rotatable bonds is 8. The van der Waals surface area contributed by atoms with Gasteiger partial charge in [-0.2, -0.15) is 0 Å². The number of anilines is 1. The van der Waals surface area contributed by atoms with Crippen molar-refractivity contribution in [1.29, 1.82) is 0 Å². The molecule has 0 radical (unpaired) electrons. The zero-order valence-corrected chi connectivity index (χ0v) is 18.9. The summed E-state index contributed by atoms with van der Waals surface area (Å²) >= 11 is 0. The summed E-state index contributed by atoms with van der Waals surface area (Å²) in [7, 11) is 1.56. The first-order valence-corrected chi connectivity index (χ1v) is 10.9. The van der Waals surface area contributed by atoms with Gasteiger partial charge < -0.3 is 19.7 Å². The van der Waals surface area contributed by atoms with Crippen molar-refractivity contribution in [3.05, 3.63) is 53.1 Å². The fourth-order valence-corrected chi connectivity index (χ4v) is 3.62. The van der Waals surface area contributed by atoms with Gasteiger partial charge in [0.1, 0.15) is 0 Å². The molecule has 2 aromatic rings. The van der Waals surface area contributed by atoms with E-state index in [4.69, 9.17) is 9.47 Å². The number of carbonyl (C=O) groups excluding carboxylic acids is 2. The summed E-state index contributed by atoms with van der Waals surface area (Å²) in [5, 5.41) is 2.94. The van der Waals surface area contributed by atoms with Crippen LogP contribution in [-0.2, 0) is 0 Å². The second-order valence-electron chi connectivity index (χ2n) is 8.33. The lowest BCUT2D eigenvalue weighted by molar-refractivity contribution is 0.0791. The van der Waals surface area contributed by atoms with E-state index in [2.05, 4.69) is 19.2 Å². The standard InChI is InChI=1S/C25H32N2O4/c1-17(2)12-15-31-22-11-10-19(16-23(22)30-4)24(28)26-21-9-7-8-20(18(21)3)25(29)27-13-5-6-14-27/h7-11,16-17H,5-6,12-15H2,1-4H3,(H,26,28). The Morgan fingerprint density at radius 1 is 1.10 bits per heavy atom. The van der Waals surface area contributed by atoms with Crippen LogP contribution in [0.5, 0.6) is 11.5 Å². The molecule has 0 aliphatic carbocycles. The summed E-state index contributed by atoms with van der Waals surface area (Å²) in [6, 6.07) is 10.6. The summed E-state index contributed by atoms with van der Waals surface area (Å²) in [5.74, 6) is 1.45. The minimum atomic E-state index is -0.263. The van der Waals surface area contributed by atoms with Crippen molar-refractivity contribution in [1.82, 2.24) is 4.90 Å². The highest BCUT2D eigenvalue weighted by molar-refractivity contribution is 6.06. The van der Waals surface area contributed by atoms with Crippen molar-refractivity contribution in [3.63, 3.8) is 0 Å². The van der Waals surface area contributed by atoms with Crippen molar-refractivity contribution in [2.75, 3.05) is 32.1 Å². The highest BCUT2D eigenvalue weighted by Crippen LogP contribution is 2.29. The molecule has 2 aromatic carbocycles. The molecule has 1 aliphatic rings. The van der Waals surface area contributed by atoms with Gasteiger partial charge >= 0.3 is 0 Å². The van der Waals surface area contributed by atoms with Crippen molar-refractivity contribution in [3.8, 4) is 11.5 Å². The van der Waals surface area contributed by atoms with Gasteiger partial charge in [-0.3, -0.25) is 9.59 Å². The first kappa shape index (κ1) is 22.7. The highest BCUT2D eigenvalue weighted by atomic mass is 16.5. The van der Waals surface area contributed by atoms with E-state index in [-0.39, 0.29) is 11.8 Å². The second kappa shape index (κ2) is 10.3. The smallest absolute Gasteiger partial charge is 0.255 e. The van der Waals surface area contributed by atoms with Crippen LogP contribution >= 0.6 is 0 Å². The van der Waals surface area contributed by atoms with Crippen LogP contribution in [-0.4, -0.2) is 43.5 Å². The molecule has 1 saturated heterocycles. The minimum absolute atomic E-state index is 0.0238. The van der Waals surface area contributed by atoms with Crippen LogP contribution in [0.1, 0.15) is 59.4 Å². The maximum Gasteiger partial charge on any atom is 0.255 e. The normalized spacial score (nSPS) is 13.4. The van der Waals surface area contributed by atoms with E-state index in [9.17, 15) is 9.59 Å². The molecular formula is C25H32N2O4. The monoisotopic (exact) mass is 424 g/mol. The minimum Gasteiger partial charge on any atom is -0.493 e. The van der Waals surface area contributed by atoms with E-state index in [0.717, 1.165) is 37.9 Å². The molecule has 0 spiro atoms. The van der Waals surface area contributed by atoms with Gasteiger partial charge in [-0.05, 0) is 68.0 Å². The van der Waals surface area contributed by atoms with E-state index in [1.54, 1.807) is 31.4 Å². The molecule has 31 heavy (non-hydrogen) atoms. The predicted octanol–water partition coefficient (Wildman–Crippen LogP) is 4.92. The average Bonchev–Trinajstić information content (AvgIpc) is 3.29. The van der Waals surface area contributed by atoms with Gasteiger partial charge in [0.05, 0.1) is 13.7 Å². The van der Waals surface area contributed by atoms with E-state index in [1.807, 2.05) is 24.0 Å². The molecule has 0 aromatic heterocycles. The number of nitrogens with zero attached hydrogens (tertiary/aromatic N) is 1. The van der Waals surface area contributed by atoms with E-state index < -0.39 is 0 Å². The van der Waals surface area contributed by atoms with Gasteiger partial charge in [0.25, 0.3) is 11.8 Å². The summed E-state index contributed by atoms with van der Waals surface area (Å²) in [6.45, 7) is 8.33. The number of methoxy groups -OCH3 is 1. The lowest BCUT2D eigenvalue weighted by atomic mass is 10.0. The van der Waals surface area contributed by atoms with Crippen molar-refractivity contribution < 1.29 is 19.1 Å². The molecule has 0 saturated carbocycles. The molecule has 1 fully saturated rings. The molecule has 0 bridgehead atoms. The third-order valence-electron chi connectivity index (χ3n) is 5.58. The van der Waals surface area contributed by atoms with E-state index in [1.165, 1.54) is 0 Å². The van der Waals surface area contributed by atoms with Crippen LogP contribution in [0.15, 0.2) is 36.4 Å². The van der Waals surface area contributed by atoms with Crippen molar-refractivity contribution >= 4 is 17.5 Å². The first-order chi connectivity index (χ1) is 14.9. The second-order valence-corrected chi connectivity index (χ2v) is 8.33. The molecule has 1 aliphatic heterocycles. The lowest BCUT2D eigenvalue weighted by Gasteiger charge is -2.18. The number of ether oxygens (including phenoxy) is 2. The van der Waals surface area contributed by atoms with Gasteiger partial charge in [-0.1, -0.05) is 19.9 Å². The fraction of sp³-hybridized carbons (Fsp3) is 0.440. The van der Waals surface area contributed by atoms with Crippen molar-refractivity contribution in [2.45, 2.75) is 40.0 Å². The average molecular weight is 425 g/mol. The summed E-state index contributed by atoms with van der Waals surface area (Å²) in [5.41, 5.74) is 2.49. The van der Waals surface area contributed by atoms with Gasteiger partial charge in [0.2, 0.25) is 0 Å². The summed E-state index contributed by atoms with van der Waals surface area (Å²) in [6.07, 6.45) is 3.03. The molecule has 0 unspecified atom stereocenters. The predicted molar refractivity (Wildman–Crippen MR) is 122 cm³/mol. The van der Waals surface area contributed by atoms with E-state index >= 15 is 0 Å². The highest BCUT2D eigenvalue weighted by Gasteiger charge is 2.22. The topological polar surface area (TPSA) is 67.9 Å². The number of likely N-dealkylation sites (tertiary alicyclic amines) is 1. The Bertz CT molecular complexity index is 933. The Hall–Kier alpha value is -3.02. The molecule has 0 atom stereocenters. The Morgan fingerprint density at radius 2 is 1.84 bits per heavy atom. The molecule has 2 amide bonds. The summed E-state index contributed by atoms with van der Waals surface area (Å²) in [4.78, 5) is 27.6. The van der Waals surface area contributed by atoms with Gasteiger partial charge in [0.15, 0.2) is 11.5 Å². The number of hydrogen-bond acceptors (Lipinski definition) is 4. The third kappa shape index (κ3) is 5.57. The SMILES string of the molecule is COc1cc(C(=O)Nc2cccc(C(=O)N3CCCC3)c2C)ccc1OCCC(C)C. The third-order valence-corrected chi connectivity index (χ3v) is 5.58. The Labute approximate surface area is 184 Å². The van der Waals surface area contributed by atoms with Crippen LogP contribution in [0.25, 0.3) is 0 Å². The Kier molecular flexibility index (Phi) is 7.55. The van der Waals surface area contributed by atoms with Gasteiger partial charge in [-0.25, -0.2) is 0 Å². The number of nitrogens with one attached hydrogen (secondary N) is 1. The van der Waals surface area contributed by atoms with Crippen LogP contribution in [0.3, 0.4) is 0 Å². The van der Waals surface area contributed by atoms with Gasteiger partial charge in [-0.15, -0.1) is 0 Å². The maximum absolute atomic E-state index is 12.9. The zero-order valence-electron chi connectivity index (χ0n) is 18.9. The number of amides is 2. The molecule has 6 nitrogen and oxygen atoms in total. The van der Waals surface area contributed by atoms with Crippen LogP contribution in [0.2, 0.25) is 0 Å². The number of carbonyl (C=O) groups is 2. The lowest BCUT2D eigenvalue weighted by Crippen LogP contribution is -2.28. The molecule has 166 valence electrons. The molecular weight excluding hydrogens is 392 g/mol. The fourth-order valence-electron chi connectivity index (χ4n) is 3.62. The number of benzene rings is 2.